The van der Waals surface area contributed by atoms with Crippen molar-refractivity contribution in [3.8, 4) is 78.9 Å². The summed E-state index contributed by atoms with van der Waals surface area (Å²) >= 11 is 0. The molecule has 0 amide bonds. The fraction of sp³-hybridized carbons (Fsp3) is 0.108. The molecule has 6 nitrogen and oxygen atoms in total. The first-order chi connectivity index (χ1) is 42.3. The van der Waals surface area contributed by atoms with E-state index in [0.717, 1.165) is 49.2 Å². The highest BCUT2D eigenvalue weighted by Crippen LogP contribution is 2.67. The predicted molar refractivity (Wildman–Crippen MR) is 328 cm³/mol. The van der Waals surface area contributed by atoms with Gasteiger partial charge in [-0.3, -0.25) is 13.7 Å². The Balaban J connectivity index is 0.998. The summed E-state index contributed by atoms with van der Waals surface area (Å²) in [4.78, 5) is 4.93. The van der Waals surface area contributed by atoms with Crippen LogP contribution in [-0.4, -0.2) is 30.5 Å². The molecule has 2 aliphatic rings. The van der Waals surface area contributed by atoms with Crippen LogP contribution in [-0.2, 0) is 17.3 Å². The van der Waals surface area contributed by atoms with E-state index in [2.05, 4.69) is 66.6 Å². The average molecular weight is 1170 g/mol. The number of hydrogen-bond acceptors (Lipinski definition) is 2. The van der Waals surface area contributed by atoms with Gasteiger partial charge in [0.15, 0.2) is 5.75 Å². The molecule has 0 radical (unpaired) electrons. The molecule has 0 atom stereocenters. The second kappa shape index (κ2) is 18.6. The molecule has 0 N–H and O–H groups in total. The summed E-state index contributed by atoms with van der Waals surface area (Å²) in [5, 5.41) is 3.84. The second-order valence-corrected chi connectivity index (χ2v) is 23.6. The normalized spacial score (nSPS) is 15.4. The minimum atomic E-state index is -6.57. The molecule has 0 unspecified atom stereocenters. The fourth-order valence-corrected chi connectivity index (χ4v) is 13.4. The lowest BCUT2D eigenvalue weighted by Crippen LogP contribution is -2.64. The van der Waals surface area contributed by atoms with Crippen molar-refractivity contribution in [1.29, 1.82) is 0 Å². The molecule has 14 heteroatoms. The second-order valence-electron chi connectivity index (χ2n) is 23.6. The number of imidazole rings is 1. The SMILES string of the molecule is CC(C)(C)c1ccnc(-n2c3ccccc3c3cc(-n4c5ccccc5c5ccccc54)c(Oc4cccc(-n5[c-][n+]6c7c(c8c(cc75)C(F)(F)C(F)(F)C(F)(F)C8(F)F)-c5ccccc5-c5ccccc5-c5cccc(-c7ccccc7)c5-6)c4)cc32)c1. The number of hydrogen-bond donors (Lipinski definition) is 0. The number of aromatic nitrogens is 5. The van der Waals surface area contributed by atoms with E-state index in [1.165, 1.54) is 21.3 Å². The first-order valence-corrected chi connectivity index (χ1v) is 28.6. The molecule has 0 saturated carbocycles. The summed E-state index contributed by atoms with van der Waals surface area (Å²) in [5.41, 5.74) is 2.90. The monoisotopic (exact) mass is 1170 g/mol. The van der Waals surface area contributed by atoms with Crippen LogP contribution in [0.15, 0.2) is 231 Å². The predicted octanol–water partition coefficient (Wildman–Crippen LogP) is 19.8. The minimum absolute atomic E-state index is 0.163. The molecule has 0 saturated heterocycles. The van der Waals surface area contributed by atoms with Crippen LogP contribution in [0.3, 0.4) is 0 Å². The lowest BCUT2D eigenvalue weighted by molar-refractivity contribution is -0.570. The highest BCUT2D eigenvalue weighted by atomic mass is 19.4. The number of pyridine rings is 1. The van der Waals surface area contributed by atoms with Gasteiger partial charge in [-0.25, -0.2) is 4.98 Å². The molecule has 1 aliphatic carbocycles. The van der Waals surface area contributed by atoms with E-state index in [1.54, 1.807) is 66.9 Å². The van der Waals surface area contributed by atoms with Crippen molar-refractivity contribution in [2.24, 2.45) is 0 Å². The number of benzene rings is 10. The smallest absolute Gasteiger partial charge is 0.382 e. The molecule has 4 aromatic heterocycles. The first kappa shape index (κ1) is 53.2. The van der Waals surface area contributed by atoms with Crippen LogP contribution in [0.4, 0.5) is 35.1 Å². The summed E-state index contributed by atoms with van der Waals surface area (Å²) in [6, 6.07) is 67.1. The lowest BCUT2D eigenvalue weighted by Gasteiger charge is -2.44. The number of para-hydroxylation sites is 4. The van der Waals surface area contributed by atoms with Gasteiger partial charge < -0.3 is 9.30 Å². The number of fused-ring (bicyclic) bond motifs is 15. The van der Waals surface area contributed by atoms with Crippen LogP contribution in [0, 0.1) is 6.33 Å². The van der Waals surface area contributed by atoms with Gasteiger partial charge in [-0.15, -0.1) is 0 Å². The largest absolute Gasteiger partial charge is 0.456 e. The van der Waals surface area contributed by atoms with Crippen LogP contribution in [0.5, 0.6) is 11.5 Å². The van der Waals surface area contributed by atoms with E-state index in [4.69, 9.17) is 9.72 Å². The van der Waals surface area contributed by atoms with Crippen molar-refractivity contribution in [1.82, 2.24) is 18.7 Å². The number of nitrogens with zero attached hydrogens (tertiary/aromatic N) is 5. The minimum Gasteiger partial charge on any atom is -0.456 e. The molecule has 0 bridgehead atoms. The van der Waals surface area contributed by atoms with Crippen molar-refractivity contribution >= 4 is 54.6 Å². The van der Waals surface area contributed by atoms with Crippen molar-refractivity contribution in [3.63, 3.8) is 0 Å². The summed E-state index contributed by atoms with van der Waals surface area (Å²) in [7, 11) is 0. The molecule has 5 heterocycles. The Morgan fingerprint density at radius 3 is 1.68 bits per heavy atom. The van der Waals surface area contributed by atoms with Gasteiger partial charge in [0.05, 0.1) is 50.2 Å². The Hall–Kier alpha value is -10.3. The van der Waals surface area contributed by atoms with Gasteiger partial charge in [-0.1, -0.05) is 178 Å². The van der Waals surface area contributed by atoms with E-state index in [9.17, 15) is 0 Å². The molecule has 0 spiro atoms. The van der Waals surface area contributed by atoms with Crippen molar-refractivity contribution in [2.45, 2.75) is 49.9 Å². The quantitative estimate of drug-likeness (QED) is 0.0946. The third-order valence-corrected chi connectivity index (χ3v) is 17.5. The Bertz CT molecular complexity index is 5210. The van der Waals surface area contributed by atoms with Crippen LogP contribution < -0.4 is 9.30 Å². The molecule has 0 fully saturated rings. The van der Waals surface area contributed by atoms with E-state index in [-0.39, 0.29) is 39.0 Å². The summed E-state index contributed by atoms with van der Waals surface area (Å²) in [5.74, 6) is -23.5. The fourth-order valence-electron chi connectivity index (χ4n) is 13.4. The van der Waals surface area contributed by atoms with Crippen LogP contribution in [0.25, 0.3) is 122 Å². The number of halogens is 8. The van der Waals surface area contributed by atoms with Gasteiger partial charge in [-0.2, -0.15) is 35.1 Å². The van der Waals surface area contributed by atoms with Gasteiger partial charge in [0.1, 0.15) is 11.6 Å². The van der Waals surface area contributed by atoms with E-state index < -0.39 is 40.4 Å². The summed E-state index contributed by atoms with van der Waals surface area (Å²) in [6.07, 6.45) is 5.13. The average Bonchev–Trinajstić information content (AvgIpc) is 1.03. The third-order valence-electron chi connectivity index (χ3n) is 17.5. The first-order valence-electron chi connectivity index (χ1n) is 28.6. The standard InChI is InChI=1S/C74H47F8N5O/c1-70(2,3)44-35-36-83-65(37-44)87-60-34-16-13-28-53(60)56-39-62(86-58-32-14-11-26-51(58)52-27-12-15-33-59(52)86)64(41-61(56)87)88-46-22-17-21-45(38-46)84-42-85-68-47(43-19-5-4-6-20-43)30-18-31-55(68)50-25-8-7-23-48(50)49-24-9-10-29-54(49)66-67-57(40-63(84)69(66)85)71(75,76)73(79,80)74(81,82)72(67,77)78/h4-41H,1-3H3. The Labute approximate surface area is 498 Å². The van der Waals surface area contributed by atoms with Crippen molar-refractivity contribution in [2.75, 3.05) is 0 Å². The lowest BCUT2D eigenvalue weighted by atomic mass is 9.75. The maximum absolute atomic E-state index is 17.3. The maximum Gasteiger partial charge on any atom is 0.382 e. The highest BCUT2D eigenvalue weighted by Gasteiger charge is 2.85. The van der Waals surface area contributed by atoms with Gasteiger partial charge in [-0.05, 0) is 111 Å². The van der Waals surface area contributed by atoms with E-state index in [1.807, 2.05) is 115 Å². The zero-order valence-corrected chi connectivity index (χ0v) is 47.1. The number of ether oxygens (including phenoxy) is 1. The molecule has 430 valence electrons. The molecule has 1 aliphatic heterocycles. The molecular weight excluding hydrogens is 1130 g/mol. The van der Waals surface area contributed by atoms with Gasteiger partial charge in [0, 0.05) is 50.5 Å². The van der Waals surface area contributed by atoms with Crippen LogP contribution >= 0.6 is 0 Å². The summed E-state index contributed by atoms with van der Waals surface area (Å²) in [6.45, 7) is 6.42. The zero-order chi connectivity index (χ0) is 60.4. The number of alkyl halides is 8. The van der Waals surface area contributed by atoms with E-state index in [0.29, 0.717) is 56.8 Å². The Morgan fingerprint density at radius 1 is 0.466 bits per heavy atom. The summed E-state index contributed by atoms with van der Waals surface area (Å²) < 4.78 is 148. The van der Waals surface area contributed by atoms with Crippen molar-refractivity contribution in [3.05, 3.63) is 254 Å². The molecule has 14 aromatic rings. The van der Waals surface area contributed by atoms with Crippen molar-refractivity contribution < 1.29 is 44.4 Å². The van der Waals surface area contributed by atoms with Crippen LogP contribution in [0.2, 0.25) is 0 Å². The molecule has 10 aromatic carbocycles. The van der Waals surface area contributed by atoms with Crippen LogP contribution in [0.1, 0.15) is 37.5 Å². The maximum atomic E-state index is 17.3. The van der Waals surface area contributed by atoms with Gasteiger partial charge in [0.2, 0.25) is 0 Å². The van der Waals surface area contributed by atoms with Gasteiger partial charge in [0.25, 0.3) is 6.33 Å². The zero-order valence-electron chi connectivity index (χ0n) is 47.1. The Kier molecular flexibility index (Phi) is 11.2. The Morgan fingerprint density at radius 2 is 1.01 bits per heavy atom. The third kappa shape index (κ3) is 7.34. The molecule has 88 heavy (non-hydrogen) atoms. The molecule has 16 rings (SSSR count). The van der Waals surface area contributed by atoms with Gasteiger partial charge >= 0.3 is 23.7 Å². The number of rotatable bonds is 6. The topological polar surface area (TPSA) is 40.8 Å². The molecular formula is C74H47F8N5O. The highest BCUT2D eigenvalue weighted by molar-refractivity contribution is 6.13. The van der Waals surface area contributed by atoms with E-state index >= 15 is 35.1 Å².